The van der Waals surface area contributed by atoms with Crippen LogP contribution in [0.4, 0.5) is 24.8 Å². The SMILES string of the molecule is CN(c1ncc(C(F)(F)F)c(Sc2ccccc2)n1)c1ccccc1C1CCCC1. The Morgan fingerprint density at radius 3 is 2.33 bits per heavy atom. The van der Waals surface area contributed by atoms with E-state index in [9.17, 15) is 13.2 Å². The second-order valence-corrected chi connectivity index (χ2v) is 8.46. The Hall–Kier alpha value is -2.54. The number of anilines is 2. The number of benzene rings is 2. The molecule has 0 unspecified atom stereocenters. The van der Waals surface area contributed by atoms with E-state index in [-0.39, 0.29) is 11.0 Å². The molecule has 1 aliphatic carbocycles. The van der Waals surface area contributed by atoms with Crippen LogP contribution in [0.3, 0.4) is 0 Å². The van der Waals surface area contributed by atoms with Gasteiger partial charge in [-0.15, -0.1) is 0 Å². The summed E-state index contributed by atoms with van der Waals surface area (Å²) in [4.78, 5) is 10.9. The third-order valence-electron chi connectivity index (χ3n) is 5.40. The summed E-state index contributed by atoms with van der Waals surface area (Å²) in [5.41, 5.74) is 1.33. The van der Waals surface area contributed by atoms with Crippen LogP contribution in [-0.4, -0.2) is 17.0 Å². The number of rotatable bonds is 5. The van der Waals surface area contributed by atoms with Crippen LogP contribution in [0.2, 0.25) is 0 Å². The van der Waals surface area contributed by atoms with E-state index in [0.29, 0.717) is 10.8 Å². The van der Waals surface area contributed by atoms with Gasteiger partial charge in [-0.3, -0.25) is 0 Å². The highest BCUT2D eigenvalue weighted by Gasteiger charge is 2.36. The molecule has 0 amide bonds. The van der Waals surface area contributed by atoms with Gasteiger partial charge in [0, 0.05) is 23.8 Å². The summed E-state index contributed by atoms with van der Waals surface area (Å²) >= 11 is 1.000. The number of alkyl halides is 3. The zero-order chi connectivity index (χ0) is 21.1. The standard InChI is InChI=1S/C23H22F3N3S/c1-29(20-14-8-7-13-18(20)16-9-5-6-10-16)22-27-15-19(23(24,25)26)21(28-22)30-17-11-3-2-4-12-17/h2-4,7-8,11-16H,5-6,9-10H2,1H3. The minimum absolute atomic E-state index is 0.0936. The summed E-state index contributed by atoms with van der Waals surface area (Å²) in [7, 11) is 1.81. The maximum atomic E-state index is 13.6. The molecule has 0 saturated heterocycles. The van der Waals surface area contributed by atoms with Crippen LogP contribution < -0.4 is 4.90 Å². The normalized spacial score (nSPS) is 14.8. The minimum Gasteiger partial charge on any atom is -0.313 e. The van der Waals surface area contributed by atoms with Crippen molar-refractivity contribution in [3.05, 3.63) is 71.9 Å². The molecule has 0 radical (unpaired) electrons. The van der Waals surface area contributed by atoms with Crippen LogP contribution in [0, 0.1) is 0 Å². The fourth-order valence-electron chi connectivity index (χ4n) is 3.87. The van der Waals surface area contributed by atoms with Crippen LogP contribution >= 0.6 is 11.8 Å². The van der Waals surface area contributed by atoms with E-state index in [1.807, 2.05) is 31.3 Å². The third-order valence-corrected chi connectivity index (χ3v) is 6.41. The van der Waals surface area contributed by atoms with Crippen molar-refractivity contribution in [1.82, 2.24) is 9.97 Å². The van der Waals surface area contributed by atoms with Crippen molar-refractivity contribution in [2.45, 2.75) is 47.7 Å². The Morgan fingerprint density at radius 1 is 0.967 bits per heavy atom. The van der Waals surface area contributed by atoms with E-state index in [1.54, 1.807) is 29.2 Å². The Balaban J connectivity index is 1.72. The van der Waals surface area contributed by atoms with E-state index < -0.39 is 11.7 Å². The van der Waals surface area contributed by atoms with Crippen LogP contribution in [0.5, 0.6) is 0 Å². The summed E-state index contributed by atoms with van der Waals surface area (Å²) in [6.07, 6.45) is 1.05. The van der Waals surface area contributed by atoms with Crippen molar-refractivity contribution in [3.63, 3.8) is 0 Å². The number of hydrogen-bond donors (Lipinski definition) is 0. The lowest BCUT2D eigenvalue weighted by Gasteiger charge is -2.24. The molecule has 0 atom stereocenters. The number of aromatic nitrogens is 2. The lowest BCUT2D eigenvalue weighted by molar-refractivity contribution is -0.140. The highest BCUT2D eigenvalue weighted by Crippen LogP contribution is 2.42. The van der Waals surface area contributed by atoms with Crippen molar-refractivity contribution in [3.8, 4) is 0 Å². The summed E-state index contributed by atoms with van der Waals surface area (Å²) in [6.45, 7) is 0. The molecule has 1 aromatic heterocycles. The largest absolute Gasteiger partial charge is 0.420 e. The average Bonchev–Trinajstić information content (AvgIpc) is 3.28. The highest BCUT2D eigenvalue weighted by molar-refractivity contribution is 7.99. The van der Waals surface area contributed by atoms with Crippen molar-refractivity contribution in [2.24, 2.45) is 0 Å². The van der Waals surface area contributed by atoms with Crippen LogP contribution in [0.25, 0.3) is 0 Å². The van der Waals surface area contributed by atoms with Crippen molar-refractivity contribution in [2.75, 3.05) is 11.9 Å². The molecule has 1 fully saturated rings. The fourth-order valence-corrected chi connectivity index (χ4v) is 4.80. The van der Waals surface area contributed by atoms with Gasteiger partial charge in [-0.2, -0.15) is 13.2 Å². The Kier molecular flexibility index (Phi) is 5.99. The molecule has 0 aliphatic heterocycles. The molecule has 1 aliphatic rings. The molecular weight excluding hydrogens is 407 g/mol. The van der Waals surface area contributed by atoms with E-state index in [2.05, 4.69) is 16.0 Å². The van der Waals surface area contributed by atoms with E-state index in [0.717, 1.165) is 36.5 Å². The average molecular weight is 430 g/mol. The predicted octanol–water partition coefficient (Wildman–Crippen LogP) is 7.07. The zero-order valence-corrected chi connectivity index (χ0v) is 17.4. The van der Waals surface area contributed by atoms with Gasteiger partial charge in [0.2, 0.25) is 5.95 Å². The maximum Gasteiger partial charge on any atom is 0.420 e. The fraction of sp³-hybridized carbons (Fsp3) is 0.304. The van der Waals surface area contributed by atoms with Crippen molar-refractivity contribution < 1.29 is 13.2 Å². The molecule has 1 heterocycles. The summed E-state index contributed by atoms with van der Waals surface area (Å²) < 4.78 is 40.7. The number of halogens is 3. The summed E-state index contributed by atoms with van der Waals surface area (Å²) in [6, 6.07) is 17.0. The van der Waals surface area contributed by atoms with Crippen LogP contribution in [0.15, 0.2) is 70.7 Å². The highest BCUT2D eigenvalue weighted by atomic mass is 32.2. The molecule has 30 heavy (non-hydrogen) atoms. The first-order valence-electron chi connectivity index (χ1n) is 9.93. The molecule has 0 N–H and O–H groups in total. The first-order valence-corrected chi connectivity index (χ1v) is 10.7. The Morgan fingerprint density at radius 2 is 1.63 bits per heavy atom. The molecule has 3 nitrogen and oxygen atoms in total. The van der Waals surface area contributed by atoms with Gasteiger partial charge in [0.25, 0.3) is 0 Å². The Bertz CT molecular complexity index is 1000. The zero-order valence-electron chi connectivity index (χ0n) is 16.6. The first-order chi connectivity index (χ1) is 14.4. The summed E-state index contributed by atoms with van der Waals surface area (Å²) in [5, 5.41) is -0.0936. The lowest BCUT2D eigenvalue weighted by atomic mass is 9.95. The van der Waals surface area contributed by atoms with Gasteiger partial charge in [0.15, 0.2) is 0 Å². The minimum atomic E-state index is -4.52. The number of para-hydroxylation sites is 1. The van der Waals surface area contributed by atoms with E-state index in [1.165, 1.54) is 18.4 Å². The molecule has 4 rings (SSSR count). The number of hydrogen-bond acceptors (Lipinski definition) is 4. The van der Waals surface area contributed by atoms with E-state index in [4.69, 9.17) is 0 Å². The first kappa shape index (κ1) is 20.7. The molecule has 7 heteroatoms. The van der Waals surface area contributed by atoms with Gasteiger partial charge in [-0.05, 0) is 42.5 Å². The summed E-state index contributed by atoms with van der Waals surface area (Å²) in [5.74, 6) is 0.725. The second-order valence-electron chi connectivity index (χ2n) is 7.40. The van der Waals surface area contributed by atoms with Gasteiger partial charge in [0.05, 0.1) is 0 Å². The Labute approximate surface area is 178 Å². The molecular formula is C23H22F3N3S. The molecule has 0 spiro atoms. The van der Waals surface area contributed by atoms with Crippen molar-refractivity contribution >= 4 is 23.4 Å². The van der Waals surface area contributed by atoms with Crippen molar-refractivity contribution in [1.29, 1.82) is 0 Å². The van der Waals surface area contributed by atoms with Crippen LogP contribution in [-0.2, 0) is 6.18 Å². The molecule has 156 valence electrons. The molecule has 2 aromatic carbocycles. The lowest BCUT2D eigenvalue weighted by Crippen LogP contribution is -2.18. The molecule has 1 saturated carbocycles. The maximum absolute atomic E-state index is 13.6. The van der Waals surface area contributed by atoms with Gasteiger partial charge in [-0.25, -0.2) is 9.97 Å². The van der Waals surface area contributed by atoms with Gasteiger partial charge in [0.1, 0.15) is 10.6 Å². The topological polar surface area (TPSA) is 29.0 Å². The monoisotopic (exact) mass is 429 g/mol. The number of nitrogens with zero attached hydrogens (tertiary/aromatic N) is 3. The van der Waals surface area contributed by atoms with Gasteiger partial charge < -0.3 is 4.90 Å². The molecule has 0 bridgehead atoms. The van der Waals surface area contributed by atoms with E-state index >= 15 is 0 Å². The van der Waals surface area contributed by atoms with Gasteiger partial charge in [-0.1, -0.05) is 61.0 Å². The smallest absolute Gasteiger partial charge is 0.313 e. The van der Waals surface area contributed by atoms with Gasteiger partial charge >= 0.3 is 6.18 Å². The van der Waals surface area contributed by atoms with Crippen LogP contribution in [0.1, 0.15) is 42.7 Å². The third kappa shape index (κ3) is 4.46. The second kappa shape index (κ2) is 8.68. The molecule has 3 aromatic rings. The predicted molar refractivity (Wildman–Crippen MR) is 113 cm³/mol. The quantitative estimate of drug-likeness (QED) is 0.406.